The summed E-state index contributed by atoms with van der Waals surface area (Å²) in [4.78, 5) is 12.9. The molecule has 2 rings (SSSR count). The topological polar surface area (TPSA) is 29.1 Å². The lowest BCUT2D eigenvalue weighted by Crippen LogP contribution is -2.08. The van der Waals surface area contributed by atoms with E-state index < -0.39 is 0 Å². The molecule has 2 aromatic rings. The smallest absolute Gasteiger partial charge is 0.248 e. The van der Waals surface area contributed by atoms with Crippen molar-refractivity contribution in [2.75, 3.05) is 11.6 Å². The van der Waals surface area contributed by atoms with Crippen molar-refractivity contribution < 1.29 is 4.79 Å². The van der Waals surface area contributed by atoms with Crippen molar-refractivity contribution in [1.82, 2.24) is 0 Å². The van der Waals surface area contributed by atoms with Crippen molar-refractivity contribution in [3.63, 3.8) is 0 Å². The van der Waals surface area contributed by atoms with E-state index in [2.05, 4.69) is 5.32 Å². The summed E-state index contributed by atoms with van der Waals surface area (Å²) in [5, 5.41) is 3.49. The van der Waals surface area contributed by atoms with Gasteiger partial charge in [0.15, 0.2) is 0 Å². The summed E-state index contributed by atoms with van der Waals surface area (Å²) in [7, 11) is 0. The second-order valence-corrected chi connectivity index (χ2v) is 5.30. The Hall–Kier alpha value is -1.71. The molecule has 0 aromatic heterocycles. The van der Waals surface area contributed by atoms with Crippen LogP contribution >= 0.6 is 23.4 Å². The van der Waals surface area contributed by atoms with Crippen LogP contribution in [0.4, 0.5) is 5.69 Å². The van der Waals surface area contributed by atoms with Crippen molar-refractivity contribution in [2.24, 2.45) is 0 Å². The summed E-state index contributed by atoms with van der Waals surface area (Å²) in [5.41, 5.74) is 1.64. The van der Waals surface area contributed by atoms with Gasteiger partial charge in [-0.2, -0.15) is 0 Å². The minimum absolute atomic E-state index is 0.175. The van der Waals surface area contributed by atoms with Crippen molar-refractivity contribution >= 4 is 41.0 Å². The number of carbonyl (C=O) groups excluding carboxylic acids is 1. The van der Waals surface area contributed by atoms with Gasteiger partial charge >= 0.3 is 0 Å². The second-order valence-electron chi connectivity index (χ2n) is 4.04. The van der Waals surface area contributed by atoms with Gasteiger partial charge in [0.2, 0.25) is 5.91 Å². The molecule has 2 aromatic carbocycles. The molecule has 2 nitrogen and oxygen atoms in total. The summed E-state index contributed by atoms with van der Waals surface area (Å²) in [6.07, 6.45) is 5.17. The molecule has 102 valence electrons. The highest BCUT2D eigenvalue weighted by Gasteiger charge is 2.03. The first kappa shape index (κ1) is 14.7. The Labute approximate surface area is 127 Å². The van der Waals surface area contributed by atoms with Crippen LogP contribution in [-0.4, -0.2) is 12.2 Å². The number of halogens is 1. The Bertz CT molecular complexity index is 640. The van der Waals surface area contributed by atoms with Crippen molar-refractivity contribution in [3.8, 4) is 0 Å². The lowest BCUT2D eigenvalue weighted by atomic mass is 10.2. The zero-order valence-corrected chi connectivity index (χ0v) is 12.5. The molecule has 1 N–H and O–H groups in total. The highest BCUT2D eigenvalue weighted by molar-refractivity contribution is 7.98. The Balaban J connectivity index is 2.08. The van der Waals surface area contributed by atoms with E-state index in [9.17, 15) is 4.79 Å². The molecular weight excluding hydrogens is 290 g/mol. The molecule has 0 aliphatic rings. The predicted molar refractivity (Wildman–Crippen MR) is 87.3 cm³/mol. The number of carbonyl (C=O) groups is 1. The summed E-state index contributed by atoms with van der Waals surface area (Å²) < 4.78 is 0. The minimum Gasteiger partial charge on any atom is -0.321 e. The highest BCUT2D eigenvalue weighted by atomic mass is 35.5. The number of benzene rings is 2. The molecule has 0 saturated carbocycles. The van der Waals surface area contributed by atoms with Crippen LogP contribution in [0.3, 0.4) is 0 Å². The van der Waals surface area contributed by atoms with Crippen molar-refractivity contribution in [2.45, 2.75) is 4.90 Å². The van der Waals surface area contributed by atoms with E-state index in [1.807, 2.05) is 48.7 Å². The van der Waals surface area contributed by atoms with Crippen LogP contribution in [0.5, 0.6) is 0 Å². The lowest BCUT2D eigenvalue weighted by Gasteiger charge is -2.07. The molecule has 20 heavy (non-hydrogen) atoms. The fraction of sp³-hybridized carbons (Fsp3) is 0.0625. The van der Waals surface area contributed by atoms with Crippen LogP contribution in [0.2, 0.25) is 5.02 Å². The van der Waals surface area contributed by atoms with Crippen LogP contribution in [0.15, 0.2) is 59.5 Å². The minimum atomic E-state index is -0.175. The summed E-state index contributed by atoms with van der Waals surface area (Å²) >= 11 is 7.62. The van der Waals surface area contributed by atoms with Crippen LogP contribution in [-0.2, 0) is 4.79 Å². The molecule has 4 heteroatoms. The van der Waals surface area contributed by atoms with E-state index >= 15 is 0 Å². The van der Waals surface area contributed by atoms with Gasteiger partial charge in [-0.25, -0.2) is 0 Å². The quantitative estimate of drug-likeness (QED) is 0.654. The van der Waals surface area contributed by atoms with Crippen molar-refractivity contribution in [1.29, 1.82) is 0 Å². The number of rotatable bonds is 4. The Morgan fingerprint density at radius 1 is 1.15 bits per heavy atom. The van der Waals surface area contributed by atoms with Crippen molar-refractivity contribution in [3.05, 3.63) is 65.2 Å². The maximum absolute atomic E-state index is 11.9. The van der Waals surface area contributed by atoms with Gasteiger partial charge in [-0.15, -0.1) is 11.8 Å². The number of hydrogen-bond donors (Lipinski definition) is 1. The van der Waals surface area contributed by atoms with E-state index in [0.29, 0.717) is 5.02 Å². The van der Waals surface area contributed by atoms with Gasteiger partial charge in [0.05, 0.1) is 5.69 Å². The highest BCUT2D eigenvalue weighted by Crippen LogP contribution is 2.24. The van der Waals surface area contributed by atoms with Crippen LogP contribution in [0, 0.1) is 0 Å². The van der Waals surface area contributed by atoms with Crippen LogP contribution < -0.4 is 5.32 Å². The average Bonchev–Trinajstić information content (AvgIpc) is 2.47. The monoisotopic (exact) mass is 303 g/mol. The first-order valence-electron chi connectivity index (χ1n) is 6.07. The van der Waals surface area contributed by atoms with E-state index in [1.54, 1.807) is 23.9 Å². The molecule has 1 amide bonds. The van der Waals surface area contributed by atoms with Gasteiger partial charge < -0.3 is 5.32 Å². The molecule has 0 fully saturated rings. The Morgan fingerprint density at radius 2 is 1.85 bits per heavy atom. The number of thioether (sulfide) groups is 1. The normalized spacial score (nSPS) is 10.7. The average molecular weight is 304 g/mol. The third kappa shape index (κ3) is 3.89. The van der Waals surface area contributed by atoms with Gasteiger partial charge in [0, 0.05) is 16.0 Å². The number of amides is 1. The third-order valence-corrected chi connectivity index (χ3v) is 3.82. The third-order valence-electron chi connectivity index (χ3n) is 2.68. The molecule has 0 spiro atoms. The SMILES string of the molecule is CSc1ccccc1NC(=O)/C=C/c1ccccc1Cl. The number of anilines is 1. The number of nitrogens with one attached hydrogen (secondary N) is 1. The fourth-order valence-electron chi connectivity index (χ4n) is 1.70. The van der Waals surface area contributed by atoms with Gasteiger partial charge in [0.1, 0.15) is 0 Å². The molecular formula is C16H14ClNOS. The maximum Gasteiger partial charge on any atom is 0.248 e. The first-order chi connectivity index (χ1) is 9.70. The molecule has 0 heterocycles. The standard InChI is InChI=1S/C16H14ClNOS/c1-20-15-9-5-4-8-14(15)18-16(19)11-10-12-6-2-3-7-13(12)17/h2-11H,1H3,(H,18,19)/b11-10+. The van der Waals surface area contributed by atoms with Gasteiger partial charge in [-0.05, 0) is 36.1 Å². The Kier molecular flexibility index (Phi) is 5.27. The van der Waals surface area contributed by atoms with Crippen LogP contribution in [0.25, 0.3) is 6.08 Å². The van der Waals surface area contributed by atoms with Gasteiger partial charge in [-0.1, -0.05) is 41.9 Å². The van der Waals surface area contributed by atoms with Gasteiger partial charge in [-0.3, -0.25) is 4.79 Å². The fourth-order valence-corrected chi connectivity index (χ4v) is 2.45. The van der Waals surface area contributed by atoms with Gasteiger partial charge in [0.25, 0.3) is 0 Å². The molecule has 0 radical (unpaired) electrons. The lowest BCUT2D eigenvalue weighted by molar-refractivity contribution is -0.111. The van der Waals surface area contributed by atoms with E-state index in [4.69, 9.17) is 11.6 Å². The number of para-hydroxylation sites is 1. The zero-order chi connectivity index (χ0) is 14.4. The molecule has 0 bridgehead atoms. The van der Waals surface area contributed by atoms with Crippen LogP contribution in [0.1, 0.15) is 5.56 Å². The first-order valence-corrected chi connectivity index (χ1v) is 7.67. The maximum atomic E-state index is 11.9. The molecule has 0 aliphatic carbocycles. The largest absolute Gasteiger partial charge is 0.321 e. The summed E-state index contributed by atoms with van der Waals surface area (Å²) in [5.74, 6) is -0.175. The second kappa shape index (κ2) is 7.17. The molecule has 0 aliphatic heterocycles. The molecule has 0 atom stereocenters. The number of hydrogen-bond acceptors (Lipinski definition) is 2. The molecule has 0 saturated heterocycles. The zero-order valence-electron chi connectivity index (χ0n) is 11.0. The summed E-state index contributed by atoms with van der Waals surface area (Å²) in [6, 6.07) is 15.1. The predicted octanol–water partition coefficient (Wildman–Crippen LogP) is 4.71. The van der Waals surface area contributed by atoms with E-state index in [0.717, 1.165) is 16.1 Å². The van der Waals surface area contributed by atoms with E-state index in [1.165, 1.54) is 6.08 Å². The Morgan fingerprint density at radius 3 is 2.60 bits per heavy atom. The van der Waals surface area contributed by atoms with E-state index in [-0.39, 0.29) is 5.91 Å². The molecule has 0 unspecified atom stereocenters. The summed E-state index contributed by atoms with van der Waals surface area (Å²) in [6.45, 7) is 0.